The Morgan fingerprint density at radius 2 is 2.12 bits per heavy atom. The standard InChI is InChI=1S/C14H20ClNS/c1-10(2)17-13-5-4-11(8-12(13)15)14(6-7-14)9-16-3/h4-5,8,10,16H,6-7,9H2,1-3H3. The van der Waals surface area contributed by atoms with Crippen molar-refractivity contribution in [1.82, 2.24) is 5.32 Å². The first-order valence-electron chi connectivity index (χ1n) is 6.19. The van der Waals surface area contributed by atoms with Crippen LogP contribution >= 0.6 is 23.4 Å². The minimum Gasteiger partial charge on any atom is -0.319 e. The van der Waals surface area contributed by atoms with Gasteiger partial charge in [0, 0.05) is 22.1 Å². The van der Waals surface area contributed by atoms with E-state index in [1.807, 2.05) is 18.8 Å². The van der Waals surface area contributed by atoms with Crippen molar-refractivity contribution in [3.8, 4) is 0 Å². The van der Waals surface area contributed by atoms with Crippen molar-refractivity contribution >= 4 is 23.4 Å². The Morgan fingerprint density at radius 1 is 1.41 bits per heavy atom. The zero-order valence-corrected chi connectivity index (χ0v) is 12.3. The second kappa shape index (κ2) is 5.21. The second-order valence-electron chi connectivity index (χ2n) is 5.12. The molecule has 3 heteroatoms. The van der Waals surface area contributed by atoms with Crippen LogP contribution in [0.25, 0.3) is 0 Å². The van der Waals surface area contributed by atoms with Gasteiger partial charge in [-0.05, 0) is 37.6 Å². The van der Waals surface area contributed by atoms with E-state index in [0.29, 0.717) is 10.7 Å². The number of rotatable bonds is 5. The van der Waals surface area contributed by atoms with Crippen LogP contribution in [0.15, 0.2) is 23.1 Å². The molecule has 1 aliphatic rings. The molecule has 94 valence electrons. The van der Waals surface area contributed by atoms with Gasteiger partial charge >= 0.3 is 0 Å². The van der Waals surface area contributed by atoms with Crippen LogP contribution in [0.3, 0.4) is 0 Å². The van der Waals surface area contributed by atoms with E-state index in [1.54, 1.807) is 0 Å². The van der Waals surface area contributed by atoms with Gasteiger partial charge in [-0.3, -0.25) is 0 Å². The van der Waals surface area contributed by atoms with Gasteiger partial charge in [-0.15, -0.1) is 11.8 Å². The molecule has 1 nitrogen and oxygen atoms in total. The Morgan fingerprint density at radius 3 is 2.59 bits per heavy atom. The molecule has 1 aromatic rings. The fourth-order valence-electron chi connectivity index (χ4n) is 2.24. The number of halogens is 1. The molecule has 0 saturated heterocycles. The molecule has 0 spiro atoms. The molecule has 0 aromatic heterocycles. The summed E-state index contributed by atoms with van der Waals surface area (Å²) in [5.41, 5.74) is 1.75. The van der Waals surface area contributed by atoms with Crippen molar-refractivity contribution < 1.29 is 0 Å². The summed E-state index contributed by atoms with van der Waals surface area (Å²) in [4.78, 5) is 1.20. The lowest BCUT2D eigenvalue weighted by atomic mass is 9.96. The molecule has 0 amide bonds. The molecule has 0 aliphatic heterocycles. The third-order valence-electron chi connectivity index (χ3n) is 3.28. The molecule has 0 unspecified atom stereocenters. The van der Waals surface area contributed by atoms with Gasteiger partial charge < -0.3 is 5.32 Å². The van der Waals surface area contributed by atoms with Crippen LogP contribution < -0.4 is 5.32 Å². The summed E-state index contributed by atoms with van der Waals surface area (Å²) in [6.45, 7) is 5.44. The molecule has 0 bridgehead atoms. The van der Waals surface area contributed by atoms with E-state index in [0.717, 1.165) is 11.6 Å². The predicted molar refractivity (Wildman–Crippen MR) is 77.3 cm³/mol. The average molecular weight is 270 g/mol. The van der Waals surface area contributed by atoms with Gasteiger partial charge in [0.1, 0.15) is 0 Å². The van der Waals surface area contributed by atoms with E-state index in [4.69, 9.17) is 11.6 Å². The molecule has 1 fully saturated rings. The number of hydrogen-bond donors (Lipinski definition) is 1. The molecule has 1 saturated carbocycles. The Balaban J connectivity index is 2.19. The van der Waals surface area contributed by atoms with Crippen LogP contribution in [0.5, 0.6) is 0 Å². The first-order valence-corrected chi connectivity index (χ1v) is 7.44. The molecule has 1 N–H and O–H groups in total. The topological polar surface area (TPSA) is 12.0 Å². The van der Waals surface area contributed by atoms with Gasteiger partial charge in [-0.1, -0.05) is 31.5 Å². The van der Waals surface area contributed by atoms with Gasteiger partial charge in [0.2, 0.25) is 0 Å². The quantitative estimate of drug-likeness (QED) is 0.808. The van der Waals surface area contributed by atoms with Crippen molar-refractivity contribution in [3.05, 3.63) is 28.8 Å². The molecule has 2 rings (SSSR count). The van der Waals surface area contributed by atoms with Crippen molar-refractivity contribution in [2.45, 2.75) is 42.2 Å². The lowest BCUT2D eigenvalue weighted by Gasteiger charge is -2.17. The predicted octanol–water partition coefficient (Wildman–Crippen LogP) is 4.09. The number of hydrogen-bond acceptors (Lipinski definition) is 2. The SMILES string of the molecule is CNCC1(c2ccc(SC(C)C)c(Cl)c2)CC1. The largest absolute Gasteiger partial charge is 0.319 e. The Hall–Kier alpha value is -0.180. The number of likely N-dealkylation sites (N-methyl/N-ethyl adjacent to an activating group) is 1. The smallest absolute Gasteiger partial charge is 0.0544 e. The van der Waals surface area contributed by atoms with Gasteiger partial charge in [-0.25, -0.2) is 0 Å². The van der Waals surface area contributed by atoms with Crippen LogP contribution in [0, 0.1) is 0 Å². The third kappa shape index (κ3) is 2.98. The van der Waals surface area contributed by atoms with Gasteiger partial charge in [0.25, 0.3) is 0 Å². The summed E-state index contributed by atoms with van der Waals surface area (Å²) < 4.78 is 0. The molecular weight excluding hydrogens is 250 g/mol. The van der Waals surface area contributed by atoms with E-state index in [1.165, 1.54) is 23.3 Å². The van der Waals surface area contributed by atoms with Crippen LogP contribution in [-0.4, -0.2) is 18.8 Å². The van der Waals surface area contributed by atoms with Gasteiger partial charge in [-0.2, -0.15) is 0 Å². The Labute approximate surface area is 113 Å². The van der Waals surface area contributed by atoms with Gasteiger partial charge in [0.05, 0.1) is 5.02 Å². The van der Waals surface area contributed by atoms with E-state index in [9.17, 15) is 0 Å². The summed E-state index contributed by atoms with van der Waals surface area (Å²) >= 11 is 8.20. The zero-order valence-electron chi connectivity index (χ0n) is 10.7. The normalized spacial score (nSPS) is 17.5. The summed E-state index contributed by atoms with van der Waals surface area (Å²) in [5, 5.41) is 4.77. The van der Waals surface area contributed by atoms with E-state index >= 15 is 0 Å². The van der Waals surface area contributed by atoms with Crippen molar-refractivity contribution in [2.24, 2.45) is 0 Å². The number of thioether (sulfide) groups is 1. The highest BCUT2D eigenvalue weighted by atomic mass is 35.5. The minimum absolute atomic E-state index is 0.361. The fraction of sp³-hybridized carbons (Fsp3) is 0.571. The fourth-order valence-corrected chi connectivity index (χ4v) is 3.38. The van der Waals surface area contributed by atoms with Crippen LogP contribution in [0.4, 0.5) is 0 Å². The summed E-state index contributed by atoms with van der Waals surface area (Å²) in [6.07, 6.45) is 2.56. The monoisotopic (exact) mass is 269 g/mol. The summed E-state index contributed by atoms with van der Waals surface area (Å²) in [6, 6.07) is 6.59. The second-order valence-corrected chi connectivity index (χ2v) is 7.15. The molecule has 1 aliphatic carbocycles. The maximum atomic E-state index is 6.37. The Bertz CT molecular complexity index is 399. The molecular formula is C14H20ClNS. The minimum atomic E-state index is 0.361. The highest BCUT2D eigenvalue weighted by Gasteiger charge is 2.43. The maximum absolute atomic E-state index is 6.37. The Kier molecular flexibility index (Phi) is 4.06. The van der Waals surface area contributed by atoms with Crippen molar-refractivity contribution in [1.29, 1.82) is 0 Å². The van der Waals surface area contributed by atoms with E-state index < -0.39 is 0 Å². The molecule has 17 heavy (non-hydrogen) atoms. The number of nitrogens with one attached hydrogen (secondary N) is 1. The van der Waals surface area contributed by atoms with Crippen LogP contribution in [-0.2, 0) is 5.41 Å². The zero-order chi connectivity index (χ0) is 12.5. The third-order valence-corrected chi connectivity index (χ3v) is 4.78. The van der Waals surface area contributed by atoms with Crippen LogP contribution in [0.1, 0.15) is 32.3 Å². The first-order chi connectivity index (χ1) is 8.07. The average Bonchev–Trinajstić information content (AvgIpc) is 3.02. The van der Waals surface area contributed by atoms with Crippen LogP contribution in [0.2, 0.25) is 5.02 Å². The summed E-state index contributed by atoms with van der Waals surface area (Å²) in [5.74, 6) is 0. The molecule has 0 radical (unpaired) electrons. The van der Waals surface area contributed by atoms with E-state index in [-0.39, 0.29) is 0 Å². The van der Waals surface area contributed by atoms with E-state index in [2.05, 4.69) is 37.4 Å². The lowest BCUT2D eigenvalue weighted by Crippen LogP contribution is -2.23. The first kappa shape index (κ1) is 13.3. The highest BCUT2D eigenvalue weighted by molar-refractivity contribution is 8.00. The van der Waals surface area contributed by atoms with Gasteiger partial charge in [0.15, 0.2) is 0 Å². The molecule has 0 heterocycles. The lowest BCUT2D eigenvalue weighted by molar-refractivity contribution is 0.624. The highest BCUT2D eigenvalue weighted by Crippen LogP contribution is 2.48. The molecule has 1 aromatic carbocycles. The van der Waals surface area contributed by atoms with Crippen molar-refractivity contribution in [3.63, 3.8) is 0 Å². The maximum Gasteiger partial charge on any atom is 0.0544 e. The number of benzene rings is 1. The molecule has 0 atom stereocenters. The summed E-state index contributed by atoms with van der Waals surface area (Å²) in [7, 11) is 2.02. The van der Waals surface area contributed by atoms with Crippen molar-refractivity contribution in [2.75, 3.05) is 13.6 Å².